The molecule has 0 radical (unpaired) electrons. The number of benzene rings is 1. The highest BCUT2D eigenvalue weighted by Crippen LogP contribution is 2.33. The number of nitrogens with zero attached hydrogens (tertiary/aromatic N) is 3. The van der Waals surface area contributed by atoms with Crippen LogP contribution in [-0.4, -0.2) is 39.5 Å². The average Bonchev–Trinajstić information content (AvgIpc) is 3.33. The molecule has 1 amide bonds. The van der Waals surface area contributed by atoms with Crippen LogP contribution in [0, 0.1) is 11.6 Å². The minimum absolute atomic E-state index is 0.0184. The Morgan fingerprint density at radius 3 is 2.97 bits per heavy atom. The molecule has 11 heteroatoms. The minimum Gasteiger partial charge on any atom is -0.369 e. The first-order chi connectivity index (χ1) is 14.8. The number of amides is 1. The maximum absolute atomic E-state index is 14.0. The molecule has 3 atom stereocenters. The van der Waals surface area contributed by atoms with E-state index in [0.29, 0.717) is 24.2 Å². The first kappa shape index (κ1) is 21.5. The van der Waals surface area contributed by atoms with E-state index in [1.165, 1.54) is 23.7 Å². The molecule has 3 N–H and O–H groups in total. The Balaban J connectivity index is 1.54. The van der Waals surface area contributed by atoms with Gasteiger partial charge in [0.2, 0.25) is 0 Å². The SMILES string of the molecule is Cn1ncc(NC(=O)c2csc(-c3cccc(F)c3F)n2)c1C1CCC(N)C(F)CO1. The lowest BCUT2D eigenvalue weighted by atomic mass is 10.0. The molecule has 31 heavy (non-hydrogen) atoms. The maximum Gasteiger partial charge on any atom is 0.275 e. The van der Waals surface area contributed by atoms with Crippen molar-refractivity contribution in [2.45, 2.75) is 31.2 Å². The van der Waals surface area contributed by atoms with E-state index >= 15 is 0 Å². The van der Waals surface area contributed by atoms with Crippen LogP contribution in [0.25, 0.3) is 10.6 Å². The predicted molar refractivity (Wildman–Crippen MR) is 109 cm³/mol. The van der Waals surface area contributed by atoms with Gasteiger partial charge in [0.1, 0.15) is 23.0 Å². The van der Waals surface area contributed by atoms with E-state index in [9.17, 15) is 18.0 Å². The number of halogens is 3. The van der Waals surface area contributed by atoms with Gasteiger partial charge in [-0.05, 0) is 25.0 Å². The molecule has 2 aromatic heterocycles. The molecule has 1 saturated heterocycles. The molecule has 164 valence electrons. The summed E-state index contributed by atoms with van der Waals surface area (Å²) < 4.78 is 48.6. The van der Waals surface area contributed by atoms with Crippen LogP contribution >= 0.6 is 11.3 Å². The highest BCUT2D eigenvalue weighted by Gasteiger charge is 2.30. The van der Waals surface area contributed by atoms with Crippen molar-refractivity contribution in [3.63, 3.8) is 0 Å². The summed E-state index contributed by atoms with van der Waals surface area (Å²) in [5, 5.41) is 8.54. The Morgan fingerprint density at radius 1 is 1.35 bits per heavy atom. The van der Waals surface area contributed by atoms with Gasteiger partial charge in [0, 0.05) is 24.0 Å². The zero-order chi connectivity index (χ0) is 22.1. The molecule has 3 aromatic rings. The van der Waals surface area contributed by atoms with Crippen LogP contribution < -0.4 is 11.1 Å². The summed E-state index contributed by atoms with van der Waals surface area (Å²) in [4.78, 5) is 16.9. The lowest BCUT2D eigenvalue weighted by Crippen LogP contribution is -2.32. The maximum atomic E-state index is 14.0. The van der Waals surface area contributed by atoms with Gasteiger partial charge in [-0.2, -0.15) is 5.10 Å². The third kappa shape index (κ3) is 4.34. The van der Waals surface area contributed by atoms with Gasteiger partial charge in [0.15, 0.2) is 11.6 Å². The zero-order valence-corrected chi connectivity index (χ0v) is 17.3. The number of anilines is 1. The first-order valence-corrected chi connectivity index (χ1v) is 10.5. The van der Waals surface area contributed by atoms with E-state index in [1.54, 1.807) is 11.7 Å². The molecule has 3 unspecified atom stereocenters. The van der Waals surface area contributed by atoms with E-state index in [-0.39, 0.29) is 22.9 Å². The van der Waals surface area contributed by atoms with Crippen molar-refractivity contribution >= 4 is 22.9 Å². The number of alkyl halides is 1. The number of hydrogen-bond donors (Lipinski definition) is 2. The van der Waals surface area contributed by atoms with Gasteiger partial charge in [0.05, 0.1) is 24.2 Å². The summed E-state index contributed by atoms with van der Waals surface area (Å²) in [6, 6.07) is 3.17. The van der Waals surface area contributed by atoms with Gasteiger partial charge in [0.25, 0.3) is 5.91 Å². The Bertz CT molecular complexity index is 1090. The third-order valence-corrected chi connectivity index (χ3v) is 6.02. The second kappa shape index (κ2) is 8.77. The number of nitrogens with two attached hydrogens (primary N) is 1. The van der Waals surface area contributed by atoms with Gasteiger partial charge in [-0.25, -0.2) is 18.2 Å². The molecule has 3 heterocycles. The van der Waals surface area contributed by atoms with Crippen molar-refractivity contribution in [3.8, 4) is 10.6 Å². The van der Waals surface area contributed by atoms with Crippen molar-refractivity contribution < 1.29 is 22.7 Å². The fourth-order valence-corrected chi connectivity index (χ4v) is 4.26. The number of thiazole rings is 1. The van der Waals surface area contributed by atoms with E-state index in [2.05, 4.69) is 15.4 Å². The molecule has 1 aliphatic heterocycles. The number of nitrogens with one attached hydrogen (secondary N) is 1. The standard InChI is InChI=1S/C20H20F3N5O2S/c1-28-18(16-6-5-13(24)12(22)8-30-16)14(7-25-28)26-19(29)15-9-31-20(27-15)10-3-2-4-11(21)17(10)23/h2-4,7,9,12-13,16H,5-6,8,24H2,1H3,(H,26,29). The van der Waals surface area contributed by atoms with Crippen molar-refractivity contribution in [2.24, 2.45) is 12.8 Å². The lowest BCUT2D eigenvalue weighted by Gasteiger charge is -2.17. The molecule has 1 fully saturated rings. The predicted octanol–water partition coefficient (Wildman–Crippen LogP) is 3.59. The second-order valence-corrected chi connectivity index (χ2v) is 8.10. The van der Waals surface area contributed by atoms with Crippen LogP contribution in [0.2, 0.25) is 0 Å². The summed E-state index contributed by atoms with van der Waals surface area (Å²) in [7, 11) is 1.69. The second-order valence-electron chi connectivity index (χ2n) is 7.24. The van der Waals surface area contributed by atoms with E-state index < -0.39 is 35.9 Å². The van der Waals surface area contributed by atoms with Gasteiger partial charge in [-0.15, -0.1) is 11.3 Å². The molecule has 0 bridgehead atoms. The van der Waals surface area contributed by atoms with Crippen LogP contribution in [-0.2, 0) is 11.8 Å². The average molecular weight is 451 g/mol. The summed E-state index contributed by atoms with van der Waals surface area (Å²) in [5.74, 6) is -2.55. The summed E-state index contributed by atoms with van der Waals surface area (Å²) >= 11 is 1.03. The van der Waals surface area contributed by atoms with Crippen LogP contribution in [0.1, 0.15) is 35.1 Å². The molecule has 0 spiro atoms. The Hall–Kier alpha value is -2.76. The summed E-state index contributed by atoms with van der Waals surface area (Å²) in [5.41, 5.74) is 6.80. The molecule has 1 aromatic carbocycles. The van der Waals surface area contributed by atoms with Gasteiger partial charge in [-0.1, -0.05) is 6.07 Å². The largest absolute Gasteiger partial charge is 0.369 e. The fraction of sp³-hybridized carbons (Fsp3) is 0.350. The molecule has 0 aliphatic carbocycles. The van der Waals surface area contributed by atoms with Gasteiger partial charge in [-0.3, -0.25) is 9.48 Å². The van der Waals surface area contributed by atoms with Crippen LogP contribution in [0.5, 0.6) is 0 Å². The molecule has 1 aliphatic rings. The van der Waals surface area contributed by atoms with Crippen LogP contribution in [0.3, 0.4) is 0 Å². The summed E-state index contributed by atoms with van der Waals surface area (Å²) in [6.07, 6.45) is 0.631. The Morgan fingerprint density at radius 2 is 2.16 bits per heavy atom. The van der Waals surface area contributed by atoms with Gasteiger partial charge < -0.3 is 15.8 Å². The van der Waals surface area contributed by atoms with Gasteiger partial charge >= 0.3 is 0 Å². The molecular formula is C20H20F3N5O2S. The topological polar surface area (TPSA) is 95.1 Å². The number of aryl methyl sites for hydroxylation is 1. The lowest BCUT2D eigenvalue weighted by molar-refractivity contribution is 0.0247. The highest BCUT2D eigenvalue weighted by molar-refractivity contribution is 7.13. The van der Waals surface area contributed by atoms with Crippen molar-refractivity contribution in [1.29, 1.82) is 0 Å². The highest BCUT2D eigenvalue weighted by atomic mass is 32.1. The first-order valence-electron chi connectivity index (χ1n) is 9.59. The molecular weight excluding hydrogens is 431 g/mol. The molecule has 0 saturated carbocycles. The normalized spacial score (nSPS) is 21.6. The quantitative estimate of drug-likeness (QED) is 0.632. The monoisotopic (exact) mass is 451 g/mol. The zero-order valence-electron chi connectivity index (χ0n) is 16.5. The Labute approximate surface area is 180 Å². The van der Waals surface area contributed by atoms with Crippen molar-refractivity contribution in [2.75, 3.05) is 11.9 Å². The minimum atomic E-state index is -1.26. The smallest absolute Gasteiger partial charge is 0.275 e. The number of rotatable bonds is 4. The van der Waals surface area contributed by atoms with Crippen molar-refractivity contribution in [3.05, 3.63) is 52.8 Å². The van der Waals surface area contributed by atoms with Crippen LogP contribution in [0.4, 0.5) is 18.9 Å². The number of hydrogen-bond acceptors (Lipinski definition) is 6. The number of carbonyl (C=O) groups excluding carboxylic acids is 1. The van der Waals surface area contributed by atoms with E-state index in [4.69, 9.17) is 10.5 Å². The van der Waals surface area contributed by atoms with E-state index in [1.807, 2.05) is 0 Å². The number of aromatic nitrogens is 3. The number of carbonyl (C=O) groups is 1. The van der Waals surface area contributed by atoms with E-state index in [0.717, 1.165) is 17.4 Å². The van der Waals surface area contributed by atoms with Crippen molar-refractivity contribution in [1.82, 2.24) is 14.8 Å². The summed E-state index contributed by atoms with van der Waals surface area (Å²) in [6.45, 7) is -0.140. The molecule has 4 rings (SSSR count). The molecule has 7 nitrogen and oxygen atoms in total. The third-order valence-electron chi connectivity index (χ3n) is 5.14. The number of ether oxygens (including phenoxy) is 1. The fourth-order valence-electron chi connectivity index (χ4n) is 3.44. The Kier molecular flexibility index (Phi) is 6.08. The van der Waals surface area contributed by atoms with Crippen LogP contribution in [0.15, 0.2) is 29.8 Å².